The average Bonchev–Trinajstić information content (AvgIpc) is 2.34. The standard InChI is InChI=1S/C19H36N2O2.2ClH/c1-15-13-17(14-21(6,7)8)9-10-18(15)16(2)19(22)23-12-11-20(3,4)5;;/h9-10,13,15-16,18H,11-12,14H2,1-8H3;2*1H/q+2;;/p-2. The average molecular weight is 395 g/mol. The van der Waals surface area contributed by atoms with E-state index in [2.05, 4.69) is 67.4 Å². The highest BCUT2D eigenvalue weighted by atomic mass is 35.5. The van der Waals surface area contributed by atoms with Crippen molar-refractivity contribution in [2.45, 2.75) is 13.8 Å². The molecule has 4 nitrogen and oxygen atoms in total. The summed E-state index contributed by atoms with van der Waals surface area (Å²) in [6.07, 6.45) is 6.69. The van der Waals surface area contributed by atoms with Crippen LogP contribution in [0.25, 0.3) is 0 Å². The van der Waals surface area contributed by atoms with Gasteiger partial charge in [-0.3, -0.25) is 4.79 Å². The van der Waals surface area contributed by atoms with Crippen molar-refractivity contribution in [1.29, 1.82) is 0 Å². The van der Waals surface area contributed by atoms with Crippen LogP contribution < -0.4 is 24.8 Å². The Balaban J connectivity index is 0. The maximum atomic E-state index is 12.3. The van der Waals surface area contributed by atoms with Gasteiger partial charge in [-0.05, 0) is 11.8 Å². The molecule has 0 spiro atoms. The molecule has 0 amide bonds. The molecule has 0 N–H and O–H groups in total. The van der Waals surface area contributed by atoms with E-state index in [1.54, 1.807) is 0 Å². The van der Waals surface area contributed by atoms with E-state index in [4.69, 9.17) is 4.74 Å². The SMILES string of the molecule is CC1C=C(C[N+](C)(C)C)C=CC1C(C)C(=O)OCC[N+](C)(C)C.[Cl-].[Cl-]. The van der Waals surface area contributed by atoms with Crippen LogP contribution in [-0.4, -0.2) is 76.9 Å². The Bertz CT molecular complexity index is 477. The highest BCUT2D eigenvalue weighted by Crippen LogP contribution is 2.30. The van der Waals surface area contributed by atoms with Gasteiger partial charge in [0, 0.05) is 5.57 Å². The molecule has 0 heterocycles. The van der Waals surface area contributed by atoms with Crippen molar-refractivity contribution in [3.05, 3.63) is 23.8 Å². The molecule has 0 radical (unpaired) electrons. The number of ether oxygens (including phenoxy) is 1. The number of esters is 1. The van der Waals surface area contributed by atoms with Crippen LogP contribution in [0.3, 0.4) is 0 Å². The molecule has 0 aromatic heterocycles. The molecule has 0 aromatic carbocycles. The van der Waals surface area contributed by atoms with E-state index in [9.17, 15) is 4.79 Å². The first-order valence-electron chi connectivity index (χ1n) is 8.55. The number of quaternary nitrogens is 2. The lowest BCUT2D eigenvalue weighted by atomic mass is 9.79. The van der Waals surface area contributed by atoms with E-state index in [-0.39, 0.29) is 42.6 Å². The van der Waals surface area contributed by atoms with Crippen LogP contribution in [0.1, 0.15) is 13.8 Å². The number of carbonyl (C=O) groups excluding carboxylic acids is 1. The normalized spacial score (nSPS) is 21.5. The maximum absolute atomic E-state index is 12.3. The topological polar surface area (TPSA) is 26.3 Å². The Hall–Kier alpha value is -0.550. The van der Waals surface area contributed by atoms with Crippen molar-refractivity contribution >= 4 is 5.97 Å². The van der Waals surface area contributed by atoms with Crippen molar-refractivity contribution < 1.29 is 43.3 Å². The van der Waals surface area contributed by atoms with Crippen LogP contribution in [0.2, 0.25) is 0 Å². The molecule has 148 valence electrons. The second-order valence-electron chi connectivity index (χ2n) is 8.96. The third-order valence-corrected chi connectivity index (χ3v) is 4.23. The van der Waals surface area contributed by atoms with Gasteiger partial charge in [-0.25, -0.2) is 0 Å². The highest BCUT2D eigenvalue weighted by molar-refractivity contribution is 5.72. The predicted molar refractivity (Wildman–Crippen MR) is 95.8 cm³/mol. The Kier molecular flexibility index (Phi) is 11.3. The van der Waals surface area contributed by atoms with E-state index in [1.165, 1.54) is 5.57 Å². The van der Waals surface area contributed by atoms with Gasteiger partial charge in [0.1, 0.15) is 19.7 Å². The zero-order valence-corrected chi connectivity index (χ0v) is 18.6. The van der Waals surface area contributed by atoms with Gasteiger partial charge >= 0.3 is 5.97 Å². The minimum absolute atomic E-state index is 0. The molecule has 0 fully saturated rings. The van der Waals surface area contributed by atoms with Gasteiger partial charge in [0.15, 0.2) is 0 Å². The summed E-state index contributed by atoms with van der Waals surface area (Å²) in [7, 11) is 12.9. The molecule has 1 aliphatic carbocycles. The Morgan fingerprint density at radius 3 is 2.12 bits per heavy atom. The summed E-state index contributed by atoms with van der Waals surface area (Å²) in [5, 5.41) is 0. The second-order valence-corrected chi connectivity index (χ2v) is 8.96. The quantitative estimate of drug-likeness (QED) is 0.328. The van der Waals surface area contributed by atoms with Gasteiger partial charge in [0.05, 0.1) is 48.2 Å². The predicted octanol–water partition coefficient (Wildman–Crippen LogP) is -3.67. The minimum Gasteiger partial charge on any atom is -1.00 e. The fourth-order valence-corrected chi connectivity index (χ4v) is 2.90. The lowest BCUT2D eigenvalue weighted by Gasteiger charge is -2.30. The third-order valence-electron chi connectivity index (χ3n) is 4.23. The summed E-state index contributed by atoms with van der Waals surface area (Å²) in [5.41, 5.74) is 1.35. The van der Waals surface area contributed by atoms with Gasteiger partial charge in [-0.15, -0.1) is 0 Å². The Morgan fingerprint density at radius 1 is 1.12 bits per heavy atom. The first-order valence-corrected chi connectivity index (χ1v) is 8.55. The number of rotatable bonds is 7. The molecule has 1 aliphatic rings. The first kappa shape index (κ1) is 26.7. The molecule has 3 unspecified atom stereocenters. The molecular formula is C19H36Cl2N2O2. The van der Waals surface area contributed by atoms with E-state index in [1.807, 2.05) is 6.92 Å². The lowest BCUT2D eigenvalue weighted by Crippen LogP contribution is -3.00. The van der Waals surface area contributed by atoms with Gasteiger partial charge in [0.2, 0.25) is 0 Å². The fraction of sp³-hybridized carbons (Fsp3) is 0.737. The number of halogens is 2. The molecule has 0 aliphatic heterocycles. The van der Waals surface area contributed by atoms with Crippen LogP contribution in [0.4, 0.5) is 0 Å². The summed E-state index contributed by atoms with van der Waals surface area (Å²) < 4.78 is 7.19. The van der Waals surface area contributed by atoms with Crippen LogP contribution in [0.15, 0.2) is 23.8 Å². The van der Waals surface area contributed by atoms with Crippen molar-refractivity contribution in [2.24, 2.45) is 17.8 Å². The number of nitrogens with zero attached hydrogens (tertiary/aromatic N) is 2. The van der Waals surface area contributed by atoms with Gasteiger partial charge in [-0.1, -0.05) is 32.1 Å². The number of likely N-dealkylation sites (N-methyl/N-ethyl adjacent to an activating group) is 2. The summed E-state index contributed by atoms with van der Waals surface area (Å²) in [6, 6.07) is 0. The van der Waals surface area contributed by atoms with Crippen LogP contribution >= 0.6 is 0 Å². The molecule has 0 saturated heterocycles. The summed E-state index contributed by atoms with van der Waals surface area (Å²) >= 11 is 0. The number of carbonyl (C=O) groups is 1. The zero-order chi connectivity index (χ0) is 17.8. The molecular weight excluding hydrogens is 359 g/mol. The van der Waals surface area contributed by atoms with Crippen molar-refractivity contribution in [3.63, 3.8) is 0 Å². The third kappa shape index (κ3) is 10.2. The molecule has 0 saturated carbocycles. The number of allylic oxidation sites excluding steroid dienone is 2. The lowest BCUT2D eigenvalue weighted by molar-refractivity contribution is -0.870. The molecule has 6 heteroatoms. The molecule has 3 atom stereocenters. The molecule has 25 heavy (non-hydrogen) atoms. The van der Waals surface area contributed by atoms with E-state index >= 15 is 0 Å². The Morgan fingerprint density at radius 2 is 1.68 bits per heavy atom. The number of hydrogen-bond donors (Lipinski definition) is 0. The monoisotopic (exact) mass is 394 g/mol. The van der Waals surface area contributed by atoms with E-state index < -0.39 is 0 Å². The summed E-state index contributed by atoms with van der Waals surface area (Å²) in [4.78, 5) is 12.3. The van der Waals surface area contributed by atoms with Gasteiger partial charge in [-0.2, -0.15) is 0 Å². The fourth-order valence-electron chi connectivity index (χ4n) is 2.90. The van der Waals surface area contributed by atoms with Crippen LogP contribution in [0, 0.1) is 17.8 Å². The van der Waals surface area contributed by atoms with Crippen molar-refractivity contribution in [1.82, 2.24) is 0 Å². The van der Waals surface area contributed by atoms with Crippen molar-refractivity contribution in [2.75, 3.05) is 62.0 Å². The van der Waals surface area contributed by atoms with Gasteiger partial charge < -0.3 is 38.5 Å². The summed E-state index contributed by atoms with van der Waals surface area (Å²) in [5.74, 6) is 0.407. The smallest absolute Gasteiger partial charge is 0.309 e. The maximum Gasteiger partial charge on any atom is 0.309 e. The summed E-state index contributed by atoms with van der Waals surface area (Å²) in [6.45, 7) is 6.51. The second kappa shape index (κ2) is 10.6. The van der Waals surface area contributed by atoms with E-state index in [0.29, 0.717) is 12.5 Å². The number of hydrogen-bond acceptors (Lipinski definition) is 2. The zero-order valence-electron chi connectivity index (χ0n) is 17.1. The van der Waals surface area contributed by atoms with Crippen LogP contribution in [0.5, 0.6) is 0 Å². The largest absolute Gasteiger partial charge is 1.00 e. The molecule has 0 bridgehead atoms. The van der Waals surface area contributed by atoms with Crippen LogP contribution in [-0.2, 0) is 9.53 Å². The minimum atomic E-state index is -0.101. The molecule has 1 rings (SSSR count). The Labute approximate surface area is 166 Å². The van der Waals surface area contributed by atoms with Gasteiger partial charge in [0.25, 0.3) is 0 Å². The molecule has 0 aromatic rings. The highest BCUT2D eigenvalue weighted by Gasteiger charge is 2.29. The van der Waals surface area contributed by atoms with E-state index in [0.717, 1.165) is 22.1 Å². The van der Waals surface area contributed by atoms with Crippen molar-refractivity contribution in [3.8, 4) is 0 Å². The first-order chi connectivity index (χ1) is 10.4.